The van der Waals surface area contributed by atoms with E-state index in [1.807, 2.05) is 13.8 Å². The van der Waals surface area contributed by atoms with Gasteiger partial charge in [-0.15, -0.1) is 10.2 Å². The Balaban J connectivity index is 2.82. The first kappa shape index (κ1) is 14.9. The van der Waals surface area contributed by atoms with Crippen LogP contribution in [0.15, 0.2) is 11.5 Å². The van der Waals surface area contributed by atoms with Crippen molar-refractivity contribution in [3.05, 3.63) is 12.2 Å². The van der Waals surface area contributed by atoms with E-state index in [1.54, 1.807) is 17.9 Å². The molecule has 19 heavy (non-hydrogen) atoms. The molecular weight excluding hydrogens is 248 g/mol. The second kappa shape index (κ2) is 6.17. The average Bonchev–Trinajstić information content (AvgIpc) is 2.83. The second-order valence-corrected chi connectivity index (χ2v) is 4.32. The molecule has 0 fully saturated rings. The molecule has 8 heteroatoms. The molecule has 1 rings (SSSR count). The van der Waals surface area contributed by atoms with Crippen molar-refractivity contribution in [3.63, 3.8) is 0 Å². The number of aromatic nitrogens is 3. The number of amidine groups is 1. The average molecular weight is 268 g/mol. The SMILES string of the molecule is CCC(CC)(C(=O)NCc1nncn1C)C(N)=NO. The number of aryl methyl sites for hydroxylation is 1. The van der Waals surface area contributed by atoms with Gasteiger partial charge in [0.15, 0.2) is 11.7 Å². The monoisotopic (exact) mass is 268 g/mol. The van der Waals surface area contributed by atoms with E-state index in [0.717, 1.165) is 0 Å². The minimum atomic E-state index is -0.993. The Bertz CT molecular complexity index is 464. The van der Waals surface area contributed by atoms with Gasteiger partial charge in [0.2, 0.25) is 5.91 Å². The first-order valence-electron chi connectivity index (χ1n) is 6.11. The molecule has 0 bridgehead atoms. The zero-order chi connectivity index (χ0) is 14.5. The van der Waals surface area contributed by atoms with E-state index in [0.29, 0.717) is 18.7 Å². The third-order valence-electron chi connectivity index (χ3n) is 3.45. The first-order chi connectivity index (χ1) is 9.01. The molecule has 0 saturated carbocycles. The van der Waals surface area contributed by atoms with Crippen molar-refractivity contribution >= 4 is 11.7 Å². The molecule has 0 aromatic carbocycles. The van der Waals surface area contributed by atoms with Crippen LogP contribution in [0.4, 0.5) is 0 Å². The lowest BCUT2D eigenvalue weighted by Gasteiger charge is -2.28. The van der Waals surface area contributed by atoms with Gasteiger partial charge in [-0.3, -0.25) is 4.79 Å². The standard InChI is InChI=1S/C11H20N6O2/c1-4-11(5-2,9(12)16-19)10(18)13-6-8-15-14-7-17(8)3/h7,19H,4-6H2,1-3H3,(H2,12,16)(H,13,18). The Labute approximate surface area is 111 Å². The highest BCUT2D eigenvalue weighted by Crippen LogP contribution is 2.27. The molecule has 0 aliphatic rings. The number of nitrogens with zero attached hydrogens (tertiary/aromatic N) is 4. The number of carbonyl (C=O) groups is 1. The van der Waals surface area contributed by atoms with Crippen molar-refractivity contribution in [3.8, 4) is 0 Å². The lowest BCUT2D eigenvalue weighted by Crippen LogP contribution is -2.49. The molecule has 0 aliphatic carbocycles. The molecular formula is C11H20N6O2. The van der Waals surface area contributed by atoms with Crippen molar-refractivity contribution in [1.82, 2.24) is 20.1 Å². The Hall–Kier alpha value is -2.12. The summed E-state index contributed by atoms with van der Waals surface area (Å²) in [5.41, 5.74) is 4.67. The lowest BCUT2D eigenvalue weighted by atomic mass is 9.80. The van der Waals surface area contributed by atoms with Crippen LogP contribution >= 0.6 is 0 Å². The molecule has 8 nitrogen and oxygen atoms in total. The van der Waals surface area contributed by atoms with E-state index < -0.39 is 5.41 Å². The van der Waals surface area contributed by atoms with Gasteiger partial charge in [0.1, 0.15) is 11.7 Å². The van der Waals surface area contributed by atoms with Gasteiger partial charge in [-0.2, -0.15) is 0 Å². The van der Waals surface area contributed by atoms with E-state index in [1.165, 1.54) is 0 Å². The molecule has 1 aromatic heterocycles. The zero-order valence-electron chi connectivity index (χ0n) is 11.4. The predicted molar refractivity (Wildman–Crippen MR) is 69.3 cm³/mol. The van der Waals surface area contributed by atoms with Gasteiger partial charge in [0.25, 0.3) is 0 Å². The van der Waals surface area contributed by atoms with E-state index >= 15 is 0 Å². The van der Waals surface area contributed by atoms with Crippen LogP contribution in [0, 0.1) is 5.41 Å². The second-order valence-electron chi connectivity index (χ2n) is 4.32. The zero-order valence-corrected chi connectivity index (χ0v) is 11.4. The van der Waals surface area contributed by atoms with Crippen LogP contribution < -0.4 is 11.1 Å². The first-order valence-corrected chi connectivity index (χ1v) is 6.11. The van der Waals surface area contributed by atoms with Gasteiger partial charge in [0.05, 0.1) is 6.54 Å². The molecule has 0 spiro atoms. The molecule has 0 radical (unpaired) electrons. The largest absolute Gasteiger partial charge is 0.409 e. The summed E-state index contributed by atoms with van der Waals surface area (Å²) in [5.74, 6) is 0.276. The maximum atomic E-state index is 12.3. The number of nitrogens with two attached hydrogens (primary N) is 1. The van der Waals surface area contributed by atoms with Gasteiger partial charge >= 0.3 is 0 Å². The molecule has 0 atom stereocenters. The van der Waals surface area contributed by atoms with Gasteiger partial charge in [-0.25, -0.2) is 0 Å². The van der Waals surface area contributed by atoms with Gasteiger partial charge in [0, 0.05) is 7.05 Å². The highest BCUT2D eigenvalue weighted by atomic mass is 16.4. The highest BCUT2D eigenvalue weighted by Gasteiger charge is 2.39. The normalized spacial score (nSPS) is 12.5. The number of amides is 1. The van der Waals surface area contributed by atoms with Crippen LogP contribution in [0.5, 0.6) is 0 Å². The Morgan fingerprint density at radius 2 is 2.21 bits per heavy atom. The Morgan fingerprint density at radius 1 is 1.58 bits per heavy atom. The molecule has 106 valence electrons. The van der Waals surface area contributed by atoms with E-state index in [9.17, 15) is 4.79 Å². The fourth-order valence-corrected chi connectivity index (χ4v) is 1.94. The van der Waals surface area contributed by atoms with Gasteiger partial charge in [-0.1, -0.05) is 19.0 Å². The molecule has 1 heterocycles. The van der Waals surface area contributed by atoms with Gasteiger partial charge in [-0.05, 0) is 12.8 Å². The summed E-state index contributed by atoms with van der Waals surface area (Å²) in [6, 6.07) is 0. The quantitative estimate of drug-likeness (QED) is 0.290. The maximum absolute atomic E-state index is 12.3. The maximum Gasteiger partial charge on any atom is 0.234 e. The van der Waals surface area contributed by atoms with Crippen molar-refractivity contribution < 1.29 is 10.0 Å². The highest BCUT2D eigenvalue weighted by molar-refractivity contribution is 6.06. The number of hydrogen-bond donors (Lipinski definition) is 3. The fourth-order valence-electron chi connectivity index (χ4n) is 1.94. The summed E-state index contributed by atoms with van der Waals surface area (Å²) in [6.45, 7) is 3.89. The number of rotatable bonds is 6. The minimum Gasteiger partial charge on any atom is -0.409 e. The van der Waals surface area contributed by atoms with Crippen LogP contribution in [0.3, 0.4) is 0 Å². The molecule has 1 aromatic rings. The third-order valence-corrected chi connectivity index (χ3v) is 3.45. The summed E-state index contributed by atoms with van der Waals surface area (Å²) >= 11 is 0. The van der Waals surface area contributed by atoms with E-state index in [4.69, 9.17) is 10.9 Å². The Kier molecular flexibility index (Phi) is 4.85. The summed E-state index contributed by atoms with van der Waals surface area (Å²) in [6.07, 6.45) is 2.45. The summed E-state index contributed by atoms with van der Waals surface area (Å²) in [7, 11) is 1.79. The van der Waals surface area contributed by atoms with Crippen molar-refractivity contribution in [1.29, 1.82) is 0 Å². The van der Waals surface area contributed by atoms with E-state index in [2.05, 4.69) is 20.7 Å². The number of carbonyl (C=O) groups excluding carboxylic acids is 1. The lowest BCUT2D eigenvalue weighted by molar-refractivity contribution is -0.128. The number of hydrogen-bond acceptors (Lipinski definition) is 5. The molecule has 1 amide bonds. The molecule has 4 N–H and O–H groups in total. The predicted octanol–water partition coefficient (Wildman–Crippen LogP) is -0.0159. The number of nitrogens with one attached hydrogen (secondary N) is 1. The summed E-state index contributed by atoms with van der Waals surface area (Å²) in [5, 5.41) is 22.2. The van der Waals surface area contributed by atoms with Crippen molar-refractivity contribution in [2.75, 3.05) is 0 Å². The smallest absolute Gasteiger partial charge is 0.234 e. The third kappa shape index (κ3) is 2.83. The van der Waals surface area contributed by atoms with Crippen LogP contribution in [-0.4, -0.2) is 31.7 Å². The fraction of sp³-hybridized carbons (Fsp3) is 0.636. The summed E-state index contributed by atoms with van der Waals surface area (Å²) in [4.78, 5) is 12.3. The van der Waals surface area contributed by atoms with Gasteiger partial charge < -0.3 is 20.8 Å². The van der Waals surface area contributed by atoms with E-state index in [-0.39, 0.29) is 18.3 Å². The minimum absolute atomic E-state index is 0.0760. The van der Waals surface area contributed by atoms with Crippen LogP contribution in [0.1, 0.15) is 32.5 Å². The summed E-state index contributed by atoms with van der Waals surface area (Å²) < 4.78 is 1.71. The van der Waals surface area contributed by atoms with Crippen molar-refractivity contribution in [2.24, 2.45) is 23.4 Å². The Morgan fingerprint density at radius 3 is 2.63 bits per heavy atom. The van der Waals surface area contributed by atoms with Crippen LogP contribution in [0.2, 0.25) is 0 Å². The molecule has 0 unspecified atom stereocenters. The molecule has 0 saturated heterocycles. The van der Waals surface area contributed by atoms with Crippen LogP contribution in [-0.2, 0) is 18.4 Å². The van der Waals surface area contributed by atoms with Crippen molar-refractivity contribution in [2.45, 2.75) is 33.2 Å². The molecule has 0 aliphatic heterocycles. The number of oxime groups is 1. The topological polar surface area (TPSA) is 118 Å². The van der Waals surface area contributed by atoms with Crippen LogP contribution in [0.25, 0.3) is 0 Å².